The maximum atomic E-state index is 4.14. The van der Waals surface area contributed by atoms with Crippen molar-refractivity contribution in [2.24, 2.45) is 0 Å². The maximum absolute atomic E-state index is 4.14. The van der Waals surface area contributed by atoms with Gasteiger partial charge in [0.2, 0.25) is 0 Å². The number of aromatic nitrogens is 2. The summed E-state index contributed by atoms with van der Waals surface area (Å²) in [5.74, 6) is 0. The van der Waals surface area contributed by atoms with E-state index in [4.69, 9.17) is 0 Å². The van der Waals surface area contributed by atoms with Crippen molar-refractivity contribution in [1.82, 2.24) is 9.38 Å². The Kier molecular flexibility index (Phi) is 0.973. The molecule has 2 heterocycles. The van der Waals surface area contributed by atoms with Gasteiger partial charge in [-0.15, -0.1) is 11.3 Å². The SMILES string of the molecule is [c]1cn2c3c(sc2n1)CCC3. The largest absolute Gasteiger partial charge is 0.294 e. The second-order valence-electron chi connectivity index (χ2n) is 2.85. The monoisotopic (exact) mass is 163 g/mol. The van der Waals surface area contributed by atoms with Gasteiger partial charge < -0.3 is 0 Å². The zero-order valence-electron chi connectivity index (χ0n) is 6.00. The summed E-state index contributed by atoms with van der Waals surface area (Å²) >= 11 is 1.81. The number of thiazole rings is 1. The Morgan fingerprint density at radius 1 is 1.55 bits per heavy atom. The van der Waals surface area contributed by atoms with Crippen molar-refractivity contribution in [3.8, 4) is 0 Å². The smallest absolute Gasteiger partial charge is 0.194 e. The minimum atomic E-state index is 1.11. The molecular formula is C8H7N2S. The van der Waals surface area contributed by atoms with Crippen LogP contribution < -0.4 is 0 Å². The third-order valence-electron chi connectivity index (χ3n) is 2.20. The lowest BCUT2D eigenvalue weighted by atomic mass is 10.4. The molecule has 3 rings (SSSR count). The predicted molar refractivity (Wildman–Crippen MR) is 43.9 cm³/mol. The molecule has 0 unspecified atom stereocenters. The van der Waals surface area contributed by atoms with Gasteiger partial charge in [0.1, 0.15) is 6.20 Å². The number of aryl methyl sites for hydroxylation is 2. The Balaban J connectivity index is 2.46. The van der Waals surface area contributed by atoms with Crippen molar-refractivity contribution >= 4 is 16.3 Å². The summed E-state index contributed by atoms with van der Waals surface area (Å²) in [6.07, 6.45) is 8.60. The molecule has 2 nitrogen and oxygen atoms in total. The topological polar surface area (TPSA) is 17.3 Å². The van der Waals surface area contributed by atoms with E-state index in [0.717, 1.165) is 4.96 Å². The molecule has 0 spiro atoms. The van der Waals surface area contributed by atoms with Crippen molar-refractivity contribution in [2.75, 3.05) is 0 Å². The number of imidazole rings is 1. The molecule has 0 bridgehead atoms. The van der Waals surface area contributed by atoms with Gasteiger partial charge in [0.15, 0.2) is 4.96 Å². The van der Waals surface area contributed by atoms with Gasteiger partial charge in [0.25, 0.3) is 0 Å². The molecule has 0 N–H and O–H groups in total. The van der Waals surface area contributed by atoms with Gasteiger partial charge in [0, 0.05) is 16.8 Å². The second-order valence-corrected chi connectivity index (χ2v) is 3.91. The fourth-order valence-corrected chi connectivity index (χ4v) is 2.84. The summed E-state index contributed by atoms with van der Waals surface area (Å²) in [6, 6.07) is 0. The van der Waals surface area contributed by atoms with Crippen LogP contribution in [0.1, 0.15) is 17.0 Å². The van der Waals surface area contributed by atoms with E-state index < -0.39 is 0 Å². The minimum absolute atomic E-state index is 1.11. The first-order valence-electron chi connectivity index (χ1n) is 3.81. The van der Waals surface area contributed by atoms with Crippen LogP contribution in [0.5, 0.6) is 0 Å². The summed E-state index contributed by atoms with van der Waals surface area (Å²) in [4.78, 5) is 6.77. The first kappa shape index (κ1) is 5.77. The molecule has 3 heteroatoms. The fraction of sp³-hybridized carbons (Fsp3) is 0.375. The highest BCUT2D eigenvalue weighted by Crippen LogP contribution is 2.29. The van der Waals surface area contributed by atoms with Crippen LogP contribution in [0.15, 0.2) is 6.20 Å². The summed E-state index contributed by atoms with van der Waals surface area (Å²) in [6.45, 7) is 0. The van der Waals surface area contributed by atoms with Gasteiger partial charge in [-0.3, -0.25) is 4.40 Å². The average molecular weight is 163 g/mol. The second kappa shape index (κ2) is 1.85. The molecule has 1 aliphatic carbocycles. The molecule has 0 aliphatic heterocycles. The van der Waals surface area contributed by atoms with Crippen molar-refractivity contribution in [1.29, 1.82) is 0 Å². The molecule has 1 radical (unpaired) electrons. The average Bonchev–Trinajstić information content (AvgIpc) is 2.52. The predicted octanol–water partition coefficient (Wildman–Crippen LogP) is 1.68. The van der Waals surface area contributed by atoms with Crippen molar-refractivity contribution in [3.05, 3.63) is 23.0 Å². The van der Waals surface area contributed by atoms with E-state index in [1.807, 2.05) is 17.5 Å². The van der Waals surface area contributed by atoms with Crippen LogP contribution in [0, 0.1) is 6.20 Å². The number of nitrogens with zero attached hydrogens (tertiary/aromatic N) is 2. The Labute approximate surface area is 68.5 Å². The molecule has 0 amide bonds. The summed E-state index contributed by atoms with van der Waals surface area (Å²) < 4.78 is 2.17. The van der Waals surface area contributed by atoms with Crippen LogP contribution >= 0.6 is 11.3 Å². The lowest BCUT2D eigenvalue weighted by molar-refractivity contribution is 0.888. The van der Waals surface area contributed by atoms with Crippen molar-refractivity contribution in [2.45, 2.75) is 19.3 Å². The molecular weight excluding hydrogens is 156 g/mol. The lowest BCUT2D eigenvalue weighted by Gasteiger charge is -1.88. The zero-order chi connectivity index (χ0) is 7.26. The first-order chi connectivity index (χ1) is 5.45. The van der Waals surface area contributed by atoms with Crippen LogP contribution in [0.25, 0.3) is 4.96 Å². The van der Waals surface area contributed by atoms with E-state index in [9.17, 15) is 0 Å². The quantitative estimate of drug-likeness (QED) is 0.577. The molecule has 0 fully saturated rings. The van der Waals surface area contributed by atoms with Gasteiger partial charge >= 0.3 is 0 Å². The molecule has 11 heavy (non-hydrogen) atoms. The van der Waals surface area contributed by atoms with Crippen LogP contribution in [0.4, 0.5) is 0 Å². The maximum Gasteiger partial charge on any atom is 0.194 e. The van der Waals surface area contributed by atoms with Gasteiger partial charge in [0.05, 0.1) is 0 Å². The standard InChI is InChI=1S/C8H7N2S/c1-2-6-7(3-1)11-8-9-4-5-10(6)8/h5H,1-3H2. The van der Waals surface area contributed by atoms with Crippen LogP contribution in [0.2, 0.25) is 0 Å². The van der Waals surface area contributed by atoms with Crippen LogP contribution in [0.3, 0.4) is 0 Å². The number of rotatable bonds is 0. The normalized spacial score (nSPS) is 16.0. The van der Waals surface area contributed by atoms with Crippen LogP contribution in [-0.2, 0) is 12.8 Å². The summed E-state index contributed by atoms with van der Waals surface area (Å²) in [5, 5.41) is 0. The van der Waals surface area contributed by atoms with E-state index in [2.05, 4.69) is 15.6 Å². The third-order valence-corrected chi connectivity index (χ3v) is 3.35. The molecule has 2 aromatic heterocycles. The van der Waals surface area contributed by atoms with E-state index in [-0.39, 0.29) is 0 Å². The molecule has 0 saturated carbocycles. The Morgan fingerprint density at radius 2 is 2.55 bits per heavy atom. The Bertz CT molecular complexity index is 399. The van der Waals surface area contributed by atoms with E-state index in [0.29, 0.717) is 0 Å². The first-order valence-corrected chi connectivity index (χ1v) is 4.62. The molecule has 1 aliphatic rings. The molecule has 0 aromatic carbocycles. The Hall–Kier alpha value is -0.830. The third kappa shape index (κ3) is 0.639. The highest BCUT2D eigenvalue weighted by molar-refractivity contribution is 7.17. The van der Waals surface area contributed by atoms with E-state index in [1.54, 1.807) is 0 Å². The van der Waals surface area contributed by atoms with Crippen LogP contribution in [-0.4, -0.2) is 9.38 Å². The molecule has 2 aromatic rings. The highest BCUT2D eigenvalue weighted by Gasteiger charge is 2.17. The van der Waals surface area contributed by atoms with Crippen molar-refractivity contribution < 1.29 is 0 Å². The summed E-state index contributed by atoms with van der Waals surface area (Å²) in [5.41, 5.74) is 1.47. The van der Waals surface area contributed by atoms with Gasteiger partial charge in [-0.05, 0) is 19.3 Å². The molecule has 0 atom stereocenters. The number of hydrogen-bond acceptors (Lipinski definition) is 2. The van der Waals surface area contributed by atoms with E-state index in [1.165, 1.54) is 29.8 Å². The zero-order valence-corrected chi connectivity index (χ0v) is 6.82. The van der Waals surface area contributed by atoms with Gasteiger partial charge in [-0.1, -0.05) is 0 Å². The van der Waals surface area contributed by atoms with Gasteiger partial charge in [-0.2, -0.15) is 0 Å². The Morgan fingerprint density at radius 3 is 3.55 bits per heavy atom. The highest BCUT2D eigenvalue weighted by atomic mass is 32.1. The lowest BCUT2D eigenvalue weighted by Crippen LogP contribution is -1.84. The summed E-state index contributed by atoms with van der Waals surface area (Å²) in [7, 11) is 0. The van der Waals surface area contributed by atoms with Crippen molar-refractivity contribution in [3.63, 3.8) is 0 Å². The molecule has 0 saturated heterocycles. The minimum Gasteiger partial charge on any atom is -0.294 e. The van der Waals surface area contributed by atoms with E-state index >= 15 is 0 Å². The molecule has 55 valence electrons. The van der Waals surface area contributed by atoms with Gasteiger partial charge in [-0.25, -0.2) is 4.98 Å². The fourth-order valence-electron chi connectivity index (χ4n) is 1.69. The number of hydrogen-bond donors (Lipinski definition) is 0. The number of fused-ring (bicyclic) bond motifs is 3.